The molecule has 0 aliphatic carbocycles. The Morgan fingerprint density at radius 2 is 1.86 bits per heavy atom. The second kappa shape index (κ2) is 5.73. The van der Waals surface area contributed by atoms with E-state index in [1.165, 1.54) is 12.3 Å². The topological polar surface area (TPSA) is 65.3 Å². The van der Waals surface area contributed by atoms with Crippen molar-refractivity contribution in [1.82, 2.24) is 4.98 Å². The minimum absolute atomic E-state index is 0.0451. The van der Waals surface area contributed by atoms with E-state index in [9.17, 15) is 10.1 Å². The first-order chi connectivity index (χ1) is 10.6. The van der Waals surface area contributed by atoms with Crippen molar-refractivity contribution in [2.75, 3.05) is 0 Å². The Balaban J connectivity index is 2.16. The number of aryl methyl sites for hydroxylation is 1. The molecule has 0 radical (unpaired) electrons. The van der Waals surface area contributed by atoms with E-state index in [0.717, 1.165) is 10.0 Å². The first kappa shape index (κ1) is 14.5. The molecule has 2 aromatic carbocycles. The molecular formula is C16H11BrN2O3. The summed E-state index contributed by atoms with van der Waals surface area (Å²) < 4.78 is 6.75. The Bertz CT molecular complexity index is 863. The van der Waals surface area contributed by atoms with E-state index >= 15 is 0 Å². The Morgan fingerprint density at radius 1 is 1.14 bits per heavy atom. The van der Waals surface area contributed by atoms with Gasteiger partial charge < -0.3 is 4.74 Å². The zero-order valence-electron chi connectivity index (χ0n) is 11.6. The number of rotatable bonds is 3. The van der Waals surface area contributed by atoms with E-state index in [1.807, 2.05) is 19.1 Å². The molecule has 22 heavy (non-hydrogen) atoms. The van der Waals surface area contributed by atoms with Crippen molar-refractivity contribution in [3.63, 3.8) is 0 Å². The Kier molecular flexibility index (Phi) is 3.77. The van der Waals surface area contributed by atoms with Gasteiger partial charge in [0.1, 0.15) is 5.75 Å². The van der Waals surface area contributed by atoms with Crippen LogP contribution in [0.4, 0.5) is 5.69 Å². The zero-order valence-corrected chi connectivity index (χ0v) is 13.2. The highest BCUT2D eigenvalue weighted by molar-refractivity contribution is 9.10. The van der Waals surface area contributed by atoms with Crippen molar-refractivity contribution in [2.24, 2.45) is 0 Å². The van der Waals surface area contributed by atoms with E-state index in [0.29, 0.717) is 22.4 Å². The Hall–Kier alpha value is -2.47. The summed E-state index contributed by atoms with van der Waals surface area (Å²) in [5.41, 5.74) is 0.921. The molecule has 0 aliphatic rings. The smallest absolute Gasteiger partial charge is 0.277 e. The molecule has 3 aromatic rings. The SMILES string of the molecule is Cc1ccc([N+](=O)[O-])c2ccnc(Oc3ccc(Br)cc3)c12. The Labute approximate surface area is 134 Å². The van der Waals surface area contributed by atoms with Gasteiger partial charge in [-0.1, -0.05) is 22.0 Å². The van der Waals surface area contributed by atoms with E-state index in [1.54, 1.807) is 24.3 Å². The molecule has 110 valence electrons. The van der Waals surface area contributed by atoms with Gasteiger partial charge in [0.05, 0.1) is 15.7 Å². The summed E-state index contributed by atoms with van der Waals surface area (Å²) in [6.07, 6.45) is 1.52. The monoisotopic (exact) mass is 358 g/mol. The van der Waals surface area contributed by atoms with Gasteiger partial charge in [0.2, 0.25) is 5.88 Å². The van der Waals surface area contributed by atoms with Gasteiger partial charge in [-0.05, 0) is 42.8 Å². The lowest BCUT2D eigenvalue weighted by Crippen LogP contribution is -1.95. The fraction of sp³-hybridized carbons (Fsp3) is 0.0625. The second-order valence-corrected chi connectivity index (χ2v) is 5.67. The number of pyridine rings is 1. The van der Waals surface area contributed by atoms with Gasteiger partial charge in [-0.3, -0.25) is 10.1 Å². The molecule has 0 unspecified atom stereocenters. The highest BCUT2D eigenvalue weighted by Crippen LogP contribution is 2.35. The molecule has 0 fully saturated rings. The number of halogens is 1. The molecule has 1 heterocycles. The minimum atomic E-state index is -0.398. The molecule has 0 atom stereocenters. The van der Waals surface area contributed by atoms with Crippen molar-refractivity contribution < 1.29 is 9.66 Å². The average Bonchev–Trinajstić information content (AvgIpc) is 2.49. The lowest BCUT2D eigenvalue weighted by molar-refractivity contribution is -0.383. The normalized spacial score (nSPS) is 10.6. The first-order valence-electron chi connectivity index (χ1n) is 6.52. The number of non-ortho nitro benzene ring substituents is 1. The summed E-state index contributed by atoms with van der Waals surface area (Å²) in [4.78, 5) is 15.0. The molecule has 0 saturated carbocycles. The highest BCUT2D eigenvalue weighted by Gasteiger charge is 2.17. The fourth-order valence-electron chi connectivity index (χ4n) is 2.27. The molecule has 0 spiro atoms. The largest absolute Gasteiger partial charge is 0.438 e. The number of nitro groups is 1. The number of aromatic nitrogens is 1. The van der Waals surface area contributed by atoms with Crippen molar-refractivity contribution in [3.05, 3.63) is 68.8 Å². The van der Waals surface area contributed by atoms with Crippen molar-refractivity contribution >= 4 is 32.4 Å². The van der Waals surface area contributed by atoms with Gasteiger partial charge in [0.15, 0.2) is 0 Å². The van der Waals surface area contributed by atoms with Gasteiger partial charge in [-0.2, -0.15) is 0 Å². The second-order valence-electron chi connectivity index (χ2n) is 4.75. The van der Waals surface area contributed by atoms with Gasteiger partial charge in [0.25, 0.3) is 5.69 Å². The third-order valence-electron chi connectivity index (χ3n) is 3.30. The summed E-state index contributed by atoms with van der Waals surface area (Å²) in [7, 11) is 0. The molecule has 3 rings (SSSR count). The van der Waals surface area contributed by atoms with E-state index in [2.05, 4.69) is 20.9 Å². The number of ether oxygens (including phenoxy) is 1. The van der Waals surface area contributed by atoms with Crippen molar-refractivity contribution in [2.45, 2.75) is 6.92 Å². The standard InChI is InChI=1S/C16H11BrN2O3/c1-10-2-7-14(19(20)21)13-8-9-18-16(15(10)13)22-12-5-3-11(17)4-6-12/h2-9H,1H3. The van der Waals surface area contributed by atoms with Gasteiger partial charge in [-0.15, -0.1) is 0 Å². The maximum atomic E-state index is 11.2. The minimum Gasteiger partial charge on any atom is -0.438 e. The lowest BCUT2D eigenvalue weighted by Gasteiger charge is -2.10. The van der Waals surface area contributed by atoms with E-state index in [4.69, 9.17) is 4.74 Å². The van der Waals surface area contributed by atoms with Crippen LogP contribution in [0.5, 0.6) is 11.6 Å². The molecule has 0 aliphatic heterocycles. The van der Waals surface area contributed by atoms with Crippen LogP contribution in [-0.4, -0.2) is 9.91 Å². The van der Waals surface area contributed by atoms with Crippen LogP contribution in [0.3, 0.4) is 0 Å². The molecule has 0 amide bonds. The summed E-state index contributed by atoms with van der Waals surface area (Å²) in [5.74, 6) is 0.982. The number of nitro benzene ring substituents is 1. The average molecular weight is 359 g/mol. The zero-order chi connectivity index (χ0) is 15.7. The quantitative estimate of drug-likeness (QED) is 0.487. The summed E-state index contributed by atoms with van der Waals surface area (Å²) in [6, 6.07) is 12.2. The maximum Gasteiger partial charge on any atom is 0.277 e. The van der Waals surface area contributed by atoms with E-state index in [-0.39, 0.29) is 5.69 Å². The molecule has 0 saturated heterocycles. The van der Waals surface area contributed by atoms with Crippen LogP contribution >= 0.6 is 15.9 Å². The summed E-state index contributed by atoms with van der Waals surface area (Å²) in [6.45, 7) is 1.88. The maximum absolute atomic E-state index is 11.2. The predicted molar refractivity (Wildman–Crippen MR) is 87.4 cm³/mol. The van der Waals surface area contributed by atoms with Crippen LogP contribution in [0, 0.1) is 17.0 Å². The predicted octanol–water partition coefficient (Wildman–Crippen LogP) is 5.01. The van der Waals surface area contributed by atoms with Crippen LogP contribution in [-0.2, 0) is 0 Å². The third kappa shape index (κ3) is 2.65. The number of hydrogen-bond donors (Lipinski definition) is 0. The van der Waals surface area contributed by atoms with Crippen LogP contribution < -0.4 is 4.74 Å². The van der Waals surface area contributed by atoms with E-state index < -0.39 is 4.92 Å². The molecular weight excluding hydrogens is 348 g/mol. The summed E-state index contributed by atoms with van der Waals surface area (Å²) in [5, 5.41) is 12.3. The van der Waals surface area contributed by atoms with Gasteiger partial charge >= 0.3 is 0 Å². The lowest BCUT2D eigenvalue weighted by atomic mass is 10.1. The molecule has 1 aromatic heterocycles. The first-order valence-corrected chi connectivity index (χ1v) is 7.31. The van der Waals surface area contributed by atoms with Crippen molar-refractivity contribution in [1.29, 1.82) is 0 Å². The van der Waals surface area contributed by atoms with Gasteiger partial charge in [-0.25, -0.2) is 4.98 Å². The van der Waals surface area contributed by atoms with Crippen LogP contribution in [0.25, 0.3) is 10.8 Å². The third-order valence-corrected chi connectivity index (χ3v) is 3.83. The number of nitrogens with zero attached hydrogens (tertiary/aromatic N) is 2. The van der Waals surface area contributed by atoms with Crippen LogP contribution in [0.2, 0.25) is 0 Å². The van der Waals surface area contributed by atoms with Crippen LogP contribution in [0.1, 0.15) is 5.56 Å². The fourth-order valence-corrected chi connectivity index (χ4v) is 2.53. The highest BCUT2D eigenvalue weighted by atomic mass is 79.9. The van der Waals surface area contributed by atoms with Gasteiger partial charge in [0, 0.05) is 16.7 Å². The number of fused-ring (bicyclic) bond motifs is 1. The molecule has 0 bridgehead atoms. The summed E-state index contributed by atoms with van der Waals surface area (Å²) >= 11 is 3.36. The molecule has 0 N–H and O–H groups in total. The van der Waals surface area contributed by atoms with Crippen LogP contribution in [0.15, 0.2) is 53.1 Å². The Morgan fingerprint density at radius 3 is 2.55 bits per heavy atom. The van der Waals surface area contributed by atoms with Crippen molar-refractivity contribution in [3.8, 4) is 11.6 Å². The molecule has 6 heteroatoms. The number of benzene rings is 2. The molecule has 5 nitrogen and oxygen atoms in total. The number of hydrogen-bond acceptors (Lipinski definition) is 4.